The third-order valence-corrected chi connectivity index (χ3v) is 9.87. The molecule has 2 aromatic heterocycles. The molecule has 1 aliphatic heterocycles. The van der Waals surface area contributed by atoms with E-state index in [0.29, 0.717) is 10.9 Å². The van der Waals surface area contributed by atoms with E-state index in [1.54, 1.807) is 65.0 Å². The zero-order chi connectivity index (χ0) is 37.8. The minimum Gasteiger partial charge on any atom is -0.465 e. The van der Waals surface area contributed by atoms with Gasteiger partial charge in [0, 0.05) is 5.39 Å². The molecule has 0 spiro atoms. The molecule has 0 radical (unpaired) electrons. The first-order valence-corrected chi connectivity index (χ1v) is 18.2. The number of hydrogen-bond donors (Lipinski definition) is 2. The van der Waals surface area contributed by atoms with Gasteiger partial charge >= 0.3 is 25.7 Å². The third kappa shape index (κ3) is 7.73. The molecule has 1 fully saturated rings. The number of nitrogen functional groups attached to an aromatic ring is 1. The van der Waals surface area contributed by atoms with Gasteiger partial charge in [0.15, 0.2) is 18.0 Å². The molecule has 1 unspecified atom stereocenters. The summed E-state index contributed by atoms with van der Waals surface area (Å²) < 4.78 is 51.3. The topological polar surface area (TPSA) is 216 Å². The van der Waals surface area contributed by atoms with E-state index >= 15 is 0 Å². The molecule has 3 N–H and O–H groups in total. The molecule has 6 atom stereocenters. The molecule has 0 saturated carbocycles. The van der Waals surface area contributed by atoms with Crippen LogP contribution in [-0.4, -0.2) is 70.1 Å². The van der Waals surface area contributed by atoms with Crippen LogP contribution in [0.1, 0.15) is 47.2 Å². The molecular weight excluding hydrogens is 695 g/mol. The Kier molecular flexibility index (Phi) is 11.5. The second-order valence-electron chi connectivity index (χ2n) is 12.7. The van der Waals surface area contributed by atoms with E-state index in [0.717, 1.165) is 5.39 Å². The predicted molar refractivity (Wildman–Crippen MR) is 186 cm³/mol. The van der Waals surface area contributed by atoms with Gasteiger partial charge in [0.1, 0.15) is 35.8 Å². The van der Waals surface area contributed by atoms with E-state index in [9.17, 15) is 24.2 Å². The van der Waals surface area contributed by atoms with Crippen molar-refractivity contribution in [1.82, 2.24) is 19.7 Å². The fourth-order valence-electron chi connectivity index (χ4n) is 5.56. The lowest BCUT2D eigenvalue weighted by molar-refractivity contribution is -0.173. The highest BCUT2D eigenvalue weighted by molar-refractivity contribution is 7.52. The summed E-state index contributed by atoms with van der Waals surface area (Å²) in [5, 5.41) is 19.1. The van der Waals surface area contributed by atoms with E-state index in [1.165, 1.54) is 23.8 Å². The van der Waals surface area contributed by atoms with E-state index in [4.69, 9.17) is 33.7 Å². The van der Waals surface area contributed by atoms with Crippen molar-refractivity contribution in [2.75, 3.05) is 18.9 Å². The Labute approximate surface area is 300 Å². The highest BCUT2D eigenvalue weighted by atomic mass is 31.2. The first-order valence-electron chi connectivity index (χ1n) is 16.7. The number of ether oxygens (including phenoxy) is 4. The minimum absolute atomic E-state index is 0.0662. The Hall–Kier alpha value is -5.07. The lowest BCUT2D eigenvalue weighted by Gasteiger charge is -2.29. The molecule has 17 heteroatoms. The Morgan fingerprint density at radius 3 is 2.40 bits per heavy atom. The number of esters is 3. The number of carbonyl (C=O) groups is 3. The van der Waals surface area contributed by atoms with Gasteiger partial charge in [-0.05, 0) is 37.4 Å². The van der Waals surface area contributed by atoms with Crippen LogP contribution in [0, 0.1) is 23.2 Å². The Morgan fingerprint density at radius 2 is 1.71 bits per heavy atom. The van der Waals surface area contributed by atoms with Gasteiger partial charge in [-0.3, -0.25) is 18.9 Å². The lowest BCUT2D eigenvalue weighted by Crippen LogP contribution is -2.47. The summed E-state index contributed by atoms with van der Waals surface area (Å²) in [6.45, 7) is 8.86. The molecule has 0 amide bonds. The number of fused-ring (bicyclic) bond motifs is 2. The summed E-state index contributed by atoms with van der Waals surface area (Å²) in [4.78, 5) is 43.0. The van der Waals surface area contributed by atoms with Crippen molar-refractivity contribution in [3.63, 3.8) is 0 Å². The maximum absolute atomic E-state index is 14.6. The molecule has 1 saturated heterocycles. The van der Waals surface area contributed by atoms with Crippen LogP contribution in [0.5, 0.6) is 5.75 Å². The van der Waals surface area contributed by atoms with Gasteiger partial charge in [-0.2, -0.15) is 15.4 Å². The minimum atomic E-state index is -4.53. The fraction of sp³-hybridized carbons (Fsp3) is 0.429. The normalized spacial score (nSPS) is 21.8. The molecular formula is C35H41N6O10P. The van der Waals surface area contributed by atoms with E-state index in [2.05, 4.69) is 21.2 Å². The van der Waals surface area contributed by atoms with Crippen LogP contribution in [0.15, 0.2) is 60.9 Å². The summed E-state index contributed by atoms with van der Waals surface area (Å²) in [5.74, 6) is -3.17. The SMILES string of the molecule is CCOC(=O)[C@H](C)NP(=O)(OC[C@H]1O[C@@](C#N)(c2ccc3c(N)ncnn23)[C@H](OC(=O)C(C)C)[C@@H]1OC(=O)C(C)C)Oc1cccc2ccccc12. The Bertz CT molecular complexity index is 2040. The predicted octanol–water partition coefficient (Wildman–Crippen LogP) is 4.46. The van der Waals surface area contributed by atoms with Crippen molar-refractivity contribution in [2.24, 2.45) is 11.8 Å². The van der Waals surface area contributed by atoms with Gasteiger partial charge in [0.2, 0.25) is 5.60 Å². The van der Waals surface area contributed by atoms with E-state index < -0.39 is 74.1 Å². The van der Waals surface area contributed by atoms with Crippen LogP contribution in [0.3, 0.4) is 0 Å². The first-order chi connectivity index (χ1) is 24.7. The monoisotopic (exact) mass is 736 g/mol. The zero-order valence-corrected chi connectivity index (χ0v) is 30.4. The second-order valence-corrected chi connectivity index (χ2v) is 14.4. The number of nitrogens with two attached hydrogens (primary N) is 1. The average molecular weight is 737 g/mol. The highest BCUT2D eigenvalue weighted by Gasteiger charge is 2.63. The lowest BCUT2D eigenvalue weighted by atomic mass is 9.92. The summed E-state index contributed by atoms with van der Waals surface area (Å²) >= 11 is 0. The molecule has 0 bridgehead atoms. The number of nitrogens with zero attached hydrogens (tertiary/aromatic N) is 4. The van der Waals surface area contributed by atoms with Crippen molar-refractivity contribution in [2.45, 2.75) is 71.5 Å². The van der Waals surface area contributed by atoms with Crippen molar-refractivity contribution in [1.29, 1.82) is 5.26 Å². The molecule has 16 nitrogen and oxygen atoms in total. The maximum Gasteiger partial charge on any atom is 0.459 e. The van der Waals surface area contributed by atoms with Crippen LogP contribution >= 0.6 is 7.75 Å². The molecule has 276 valence electrons. The number of rotatable bonds is 14. The molecule has 3 heterocycles. The number of nitrogens with one attached hydrogen (secondary N) is 1. The molecule has 0 aliphatic carbocycles. The van der Waals surface area contributed by atoms with E-state index in [1.807, 2.05) is 18.2 Å². The zero-order valence-electron chi connectivity index (χ0n) is 29.5. The van der Waals surface area contributed by atoms with Crippen molar-refractivity contribution in [3.05, 3.63) is 66.6 Å². The number of hydrogen-bond acceptors (Lipinski definition) is 14. The largest absolute Gasteiger partial charge is 0.465 e. The first kappa shape index (κ1) is 38.2. The standard InChI is InChI=1S/C35H41N6O10P/c1-7-46-34(44)22(6)40-52(45,51-26-14-10-12-23-11-8-9-13-24(23)26)47-17-27-29(48-32(42)20(2)3)30(49-33(43)21(4)5)35(18-36,50-27)28-16-15-25-31(37)38-19-39-41(25)28/h8-16,19-22,27,29-30H,7,17H2,1-6H3,(H,40,45)(H2,37,38,39)/t22-,27+,29+,30+,35-,52?/m0/s1. The highest BCUT2D eigenvalue weighted by Crippen LogP contribution is 2.49. The van der Waals surface area contributed by atoms with Crippen molar-refractivity contribution in [3.8, 4) is 11.8 Å². The van der Waals surface area contributed by atoms with Crippen molar-refractivity contribution >= 4 is 47.8 Å². The second kappa shape index (κ2) is 15.7. The Morgan fingerprint density at radius 1 is 1.02 bits per heavy atom. The van der Waals surface area contributed by atoms with Gasteiger partial charge < -0.3 is 29.2 Å². The van der Waals surface area contributed by atoms with Crippen LogP contribution in [0.2, 0.25) is 0 Å². The van der Waals surface area contributed by atoms with Crippen LogP contribution in [0.4, 0.5) is 5.82 Å². The summed E-state index contributed by atoms with van der Waals surface area (Å²) in [6.07, 6.45) is -3.28. The van der Waals surface area contributed by atoms with Crippen LogP contribution in [-0.2, 0) is 48.0 Å². The van der Waals surface area contributed by atoms with Gasteiger partial charge in [0.05, 0.1) is 30.7 Å². The molecule has 2 aromatic carbocycles. The molecule has 1 aliphatic rings. The van der Waals surface area contributed by atoms with Gasteiger partial charge in [0.25, 0.3) is 0 Å². The number of nitriles is 1. The molecule has 52 heavy (non-hydrogen) atoms. The molecule has 5 rings (SSSR count). The number of carbonyl (C=O) groups excluding carboxylic acids is 3. The fourth-order valence-corrected chi connectivity index (χ4v) is 7.08. The number of aromatic nitrogens is 3. The maximum atomic E-state index is 14.6. The van der Waals surface area contributed by atoms with Crippen LogP contribution in [0.25, 0.3) is 16.3 Å². The quantitative estimate of drug-likeness (QED) is 0.104. The van der Waals surface area contributed by atoms with Crippen LogP contribution < -0.4 is 15.3 Å². The summed E-state index contributed by atoms with van der Waals surface area (Å²) in [6, 6.07) is 16.3. The third-order valence-electron chi connectivity index (χ3n) is 8.24. The van der Waals surface area contributed by atoms with Gasteiger partial charge in [-0.25, -0.2) is 14.1 Å². The van der Waals surface area contributed by atoms with Gasteiger partial charge in [-0.15, -0.1) is 0 Å². The van der Waals surface area contributed by atoms with Crippen molar-refractivity contribution < 1.29 is 46.9 Å². The number of anilines is 1. The van der Waals surface area contributed by atoms with Gasteiger partial charge in [-0.1, -0.05) is 64.1 Å². The average Bonchev–Trinajstić information content (AvgIpc) is 3.68. The Balaban J connectivity index is 1.59. The summed E-state index contributed by atoms with van der Waals surface area (Å²) in [5.41, 5.74) is 4.32. The van der Waals surface area contributed by atoms with E-state index in [-0.39, 0.29) is 23.9 Å². The smallest absolute Gasteiger partial charge is 0.459 e. The summed E-state index contributed by atoms with van der Waals surface area (Å²) in [7, 11) is -4.53. The molecule has 4 aromatic rings. The number of benzene rings is 2.